The first-order chi connectivity index (χ1) is 7.94. The van der Waals surface area contributed by atoms with Crippen molar-refractivity contribution in [2.24, 2.45) is 12.5 Å². The summed E-state index contributed by atoms with van der Waals surface area (Å²) in [5.41, 5.74) is -0.982. The lowest BCUT2D eigenvalue weighted by Gasteiger charge is -2.20. The van der Waals surface area contributed by atoms with Gasteiger partial charge in [0.1, 0.15) is 0 Å². The summed E-state index contributed by atoms with van der Waals surface area (Å²) in [6.45, 7) is 2.58. The highest BCUT2D eigenvalue weighted by Crippen LogP contribution is 2.31. The van der Waals surface area contributed by atoms with Crippen LogP contribution in [0.5, 0.6) is 0 Å². The molecule has 2 heterocycles. The molecule has 1 aliphatic rings. The van der Waals surface area contributed by atoms with Gasteiger partial charge in [0.05, 0.1) is 5.41 Å². The van der Waals surface area contributed by atoms with Crippen molar-refractivity contribution >= 4 is 11.8 Å². The number of anilines is 1. The summed E-state index contributed by atoms with van der Waals surface area (Å²) < 4.78 is 1.44. The Bertz CT molecular complexity index is 511. The molecule has 1 N–H and O–H groups in total. The zero-order chi connectivity index (χ0) is 12.6. The van der Waals surface area contributed by atoms with Crippen molar-refractivity contribution < 1.29 is 9.90 Å². The molecule has 1 aliphatic heterocycles. The van der Waals surface area contributed by atoms with Crippen LogP contribution in [0.25, 0.3) is 0 Å². The lowest BCUT2D eigenvalue weighted by molar-refractivity contribution is -0.146. The molecular weight excluding hydrogens is 222 g/mol. The van der Waals surface area contributed by atoms with Gasteiger partial charge in [0.25, 0.3) is 5.56 Å². The minimum absolute atomic E-state index is 0.192. The Morgan fingerprint density at radius 2 is 2.29 bits per heavy atom. The Morgan fingerprint density at radius 1 is 1.59 bits per heavy atom. The van der Waals surface area contributed by atoms with E-state index in [1.165, 1.54) is 4.57 Å². The average Bonchev–Trinajstić information content (AvgIpc) is 2.66. The largest absolute Gasteiger partial charge is 0.481 e. The summed E-state index contributed by atoms with van der Waals surface area (Å²) in [5, 5.41) is 9.13. The molecule has 6 nitrogen and oxygen atoms in total. The molecule has 0 spiro atoms. The number of rotatable bonds is 2. The van der Waals surface area contributed by atoms with E-state index in [1.54, 1.807) is 31.3 Å². The van der Waals surface area contributed by atoms with E-state index < -0.39 is 11.4 Å². The van der Waals surface area contributed by atoms with Gasteiger partial charge >= 0.3 is 5.97 Å². The topological polar surface area (TPSA) is 75.4 Å². The lowest BCUT2D eigenvalue weighted by atomic mass is 9.90. The van der Waals surface area contributed by atoms with Crippen molar-refractivity contribution in [3.63, 3.8) is 0 Å². The van der Waals surface area contributed by atoms with E-state index in [0.29, 0.717) is 25.3 Å². The molecule has 0 saturated carbocycles. The predicted molar refractivity (Wildman–Crippen MR) is 62.1 cm³/mol. The number of carboxylic acid groups (broad SMARTS) is 1. The highest BCUT2D eigenvalue weighted by molar-refractivity contribution is 5.76. The fourth-order valence-electron chi connectivity index (χ4n) is 2.02. The summed E-state index contributed by atoms with van der Waals surface area (Å²) in [7, 11) is 1.65. The fourth-order valence-corrected chi connectivity index (χ4v) is 2.02. The molecule has 0 amide bonds. The van der Waals surface area contributed by atoms with Crippen LogP contribution in [0, 0.1) is 5.41 Å². The van der Waals surface area contributed by atoms with Gasteiger partial charge in [0, 0.05) is 32.5 Å². The molecule has 1 aromatic rings. The highest BCUT2D eigenvalue weighted by atomic mass is 16.4. The Morgan fingerprint density at radius 3 is 2.88 bits per heavy atom. The summed E-state index contributed by atoms with van der Waals surface area (Å²) in [4.78, 5) is 28.8. The second-order valence-corrected chi connectivity index (χ2v) is 4.70. The molecule has 0 bridgehead atoms. The number of nitrogens with zero attached hydrogens (tertiary/aromatic N) is 3. The molecule has 1 aromatic heterocycles. The monoisotopic (exact) mass is 237 g/mol. The Hall–Kier alpha value is -1.85. The molecule has 1 atom stereocenters. The van der Waals surface area contributed by atoms with Crippen LogP contribution in [0.15, 0.2) is 17.2 Å². The standard InChI is InChI=1S/C11H15N3O3/c1-11(10(16)17)3-5-14(7-11)8-9(15)13(2)6-4-12-8/h4,6H,3,5,7H2,1-2H3,(H,16,17). The van der Waals surface area contributed by atoms with E-state index in [1.807, 2.05) is 0 Å². The molecule has 0 aromatic carbocycles. The van der Waals surface area contributed by atoms with Gasteiger partial charge in [0.2, 0.25) is 0 Å². The van der Waals surface area contributed by atoms with Crippen LogP contribution >= 0.6 is 0 Å². The summed E-state index contributed by atoms with van der Waals surface area (Å²) in [6, 6.07) is 0. The molecule has 6 heteroatoms. The second-order valence-electron chi connectivity index (χ2n) is 4.70. The first-order valence-corrected chi connectivity index (χ1v) is 5.44. The Kier molecular flexibility index (Phi) is 2.65. The maximum atomic E-state index is 11.8. The van der Waals surface area contributed by atoms with Crippen LogP contribution in [0.2, 0.25) is 0 Å². The van der Waals surface area contributed by atoms with E-state index >= 15 is 0 Å². The van der Waals surface area contributed by atoms with Gasteiger partial charge in [-0.1, -0.05) is 0 Å². The van der Waals surface area contributed by atoms with Crippen LogP contribution in [-0.4, -0.2) is 33.7 Å². The van der Waals surface area contributed by atoms with Crippen LogP contribution < -0.4 is 10.5 Å². The average molecular weight is 237 g/mol. The van der Waals surface area contributed by atoms with E-state index in [0.717, 1.165) is 0 Å². The van der Waals surface area contributed by atoms with Crippen molar-refractivity contribution in [2.45, 2.75) is 13.3 Å². The van der Waals surface area contributed by atoms with E-state index in [9.17, 15) is 9.59 Å². The number of hydrogen-bond donors (Lipinski definition) is 1. The molecular formula is C11H15N3O3. The van der Waals surface area contributed by atoms with Crippen molar-refractivity contribution in [3.8, 4) is 0 Å². The van der Waals surface area contributed by atoms with Gasteiger partial charge in [-0.2, -0.15) is 0 Å². The second kappa shape index (κ2) is 3.87. The van der Waals surface area contributed by atoms with Gasteiger partial charge in [-0.15, -0.1) is 0 Å². The third-order valence-corrected chi connectivity index (χ3v) is 3.29. The first-order valence-electron chi connectivity index (χ1n) is 5.44. The van der Waals surface area contributed by atoms with Gasteiger partial charge in [-0.3, -0.25) is 9.59 Å². The first kappa shape index (κ1) is 11.6. The number of hydrogen-bond acceptors (Lipinski definition) is 4. The number of aliphatic carboxylic acids is 1. The Balaban J connectivity index is 2.30. The number of carboxylic acids is 1. The van der Waals surface area contributed by atoms with Crippen molar-refractivity contribution in [2.75, 3.05) is 18.0 Å². The quantitative estimate of drug-likeness (QED) is 0.788. The summed E-state index contributed by atoms with van der Waals surface area (Å²) in [5.74, 6) is -0.493. The molecule has 92 valence electrons. The summed E-state index contributed by atoms with van der Waals surface area (Å²) in [6.07, 6.45) is 3.66. The SMILES string of the molecule is Cn1ccnc(N2CCC(C)(C(=O)O)C2)c1=O. The van der Waals surface area contributed by atoms with Crippen molar-refractivity contribution in [1.29, 1.82) is 0 Å². The van der Waals surface area contributed by atoms with Crippen molar-refractivity contribution in [1.82, 2.24) is 9.55 Å². The van der Waals surface area contributed by atoms with Crippen LogP contribution in [0.4, 0.5) is 5.82 Å². The normalized spacial score (nSPS) is 24.0. The molecule has 17 heavy (non-hydrogen) atoms. The summed E-state index contributed by atoms with van der Waals surface area (Å²) >= 11 is 0. The van der Waals surface area contributed by atoms with Crippen LogP contribution in [0.3, 0.4) is 0 Å². The third-order valence-electron chi connectivity index (χ3n) is 3.29. The smallest absolute Gasteiger partial charge is 0.311 e. The molecule has 0 radical (unpaired) electrons. The minimum Gasteiger partial charge on any atom is -0.481 e. The zero-order valence-electron chi connectivity index (χ0n) is 9.88. The van der Waals surface area contributed by atoms with E-state index in [4.69, 9.17) is 5.11 Å². The van der Waals surface area contributed by atoms with Crippen LogP contribution in [-0.2, 0) is 11.8 Å². The van der Waals surface area contributed by atoms with E-state index in [2.05, 4.69) is 4.98 Å². The number of carbonyl (C=O) groups is 1. The molecule has 1 unspecified atom stereocenters. The van der Waals surface area contributed by atoms with Gasteiger partial charge in [-0.05, 0) is 13.3 Å². The zero-order valence-corrected chi connectivity index (χ0v) is 9.88. The number of aryl methyl sites for hydroxylation is 1. The van der Waals surface area contributed by atoms with Crippen molar-refractivity contribution in [3.05, 3.63) is 22.7 Å². The molecule has 0 aliphatic carbocycles. The minimum atomic E-state index is -0.826. The third kappa shape index (κ3) is 1.90. The lowest BCUT2D eigenvalue weighted by Crippen LogP contribution is -2.35. The predicted octanol–water partition coefficient (Wildman–Crippen LogP) is 0.0813. The molecule has 2 rings (SSSR count). The molecule has 1 saturated heterocycles. The maximum Gasteiger partial charge on any atom is 0.311 e. The van der Waals surface area contributed by atoms with E-state index in [-0.39, 0.29) is 5.56 Å². The van der Waals surface area contributed by atoms with Gasteiger partial charge in [0.15, 0.2) is 5.82 Å². The highest BCUT2D eigenvalue weighted by Gasteiger charge is 2.41. The number of aromatic nitrogens is 2. The maximum absolute atomic E-state index is 11.8. The van der Waals surface area contributed by atoms with Crippen LogP contribution in [0.1, 0.15) is 13.3 Å². The Labute approximate surface area is 98.5 Å². The fraction of sp³-hybridized carbons (Fsp3) is 0.545. The van der Waals surface area contributed by atoms with Gasteiger partial charge < -0.3 is 14.6 Å². The van der Waals surface area contributed by atoms with Gasteiger partial charge in [-0.25, -0.2) is 4.98 Å². The molecule has 1 fully saturated rings.